The Morgan fingerprint density at radius 2 is 2.31 bits per heavy atom. The van der Waals surface area contributed by atoms with E-state index in [4.69, 9.17) is 15.7 Å². The Kier molecular flexibility index (Phi) is 1.11. The van der Waals surface area contributed by atoms with E-state index in [-0.39, 0.29) is 16.3 Å². The number of carbonyl (C=O) groups is 2. The predicted molar refractivity (Wildman–Crippen MR) is 47.1 cm³/mol. The summed E-state index contributed by atoms with van der Waals surface area (Å²) in [4.78, 5) is 27.2. The molecular formula is C9H6ClNO2. The predicted octanol–water partition coefficient (Wildman–Crippen LogP) is 1.75. The summed E-state index contributed by atoms with van der Waals surface area (Å²) < 4.78 is 21.5. The van der Waals surface area contributed by atoms with Crippen LogP contribution in [-0.2, 0) is 0 Å². The molecule has 4 heteroatoms. The third-order valence-electron chi connectivity index (χ3n) is 1.94. The van der Waals surface area contributed by atoms with Gasteiger partial charge in [0.15, 0.2) is 11.6 Å². The van der Waals surface area contributed by atoms with E-state index >= 15 is 0 Å². The van der Waals surface area contributed by atoms with Crippen LogP contribution in [0.5, 0.6) is 0 Å². The highest BCUT2D eigenvalue weighted by atomic mass is 35.5. The summed E-state index contributed by atoms with van der Waals surface area (Å²) in [6.45, 7) is -2.64. The molecule has 66 valence electrons. The number of aromatic nitrogens is 1. The van der Waals surface area contributed by atoms with Crippen LogP contribution in [0.1, 0.15) is 31.7 Å². The van der Waals surface area contributed by atoms with Gasteiger partial charge in [0.05, 0.1) is 11.5 Å². The number of halogens is 1. The monoisotopic (exact) mass is 198 g/mol. The van der Waals surface area contributed by atoms with Crippen molar-refractivity contribution in [3.8, 4) is 0 Å². The first-order valence-corrected chi connectivity index (χ1v) is 3.95. The van der Waals surface area contributed by atoms with Gasteiger partial charge in [0.1, 0.15) is 5.15 Å². The summed E-state index contributed by atoms with van der Waals surface area (Å²) in [5, 5.41) is -0.123. The van der Waals surface area contributed by atoms with Crippen molar-refractivity contribution in [3.05, 3.63) is 28.5 Å². The first kappa shape index (κ1) is 5.50. The van der Waals surface area contributed by atoms with Gasteiger partial charge in [-0.1, -0.05) is 11.6 Å². The minimum atomic E-state index is -2.64. The lowest BCUT2D eigenvalue weighted by molar-refractivity contribution is 0.0852. The lowest BCUT2D eigenvalue weighted by atomic mass is 10.1. The number of hydrogen-bond donors (Lipinski definition) is 0. The van der Waals surface area contributed by atoms with Crippen LogP contribution >= 0.6 is 11.6 Å². The average molecular weight is 199 g/mol. The van der Waals surface area contributed by atoms with Crippen molar-refractivity contribution in [3.63, 3.8) is 0 Å². The molecule has 0 fully saturated rings. The van der Waals surface area contributed by atoms with Crippen LogP contribution in [0.3, 0.4) is 0 Å². The van der Waals surface area contributed by atoms with Gasteiger partial charge in [-0.05, 0) is 12.9 Å². The zero-order valence-electron chi connectivity index (χ0n) is 9.37. The van der Waals surface area contributed by atoms with Crippen molar-refractivity contribution in [1.82, 2.24) is 4.98 Å². The molecule has 1 heterocycles. The second kappa shape index (κ2) is 2.64. The number of Topliss-reactive ketones (excluding diaryl/α,β-unsaturated/α-hetero) is 2. The molecule has 1 aliphatic rings. The van der Waals surface area contributed by atoms with Gasteiger partial charge in [-0.3, -0.25) is 9.59 Å². The maximum Gasteiger partial charge on any atom is 0.177 e. The molecule has 0 aliphatic heterocycles. The molecule has 3 nitrogen and oxygen atoms in total. The van der Waals surface area contributed by atoms with Crippen LogP contribution in [0.25, 0.3) is 0 Å². The number of nitrogens with zero attached hydrogens (tertiary/aromatic N) is 1. The number of ketones is 2. The zero-order chi connectivity index (χ0) is 12.1. The molecule has 0 spiro atoms. The summed E-state index contributed by atoms with van der Waals surface area (Å²) in [5.74, 6) is -3.11. The Hall–Kier alpha value is -1.22. The summed E-state index contributed by atoms with van der Waals surface area (Å²) in [7, 11) is 0. The van der Waals surface area contributed by atoms with E-state index in [2.05, 4.69) is 4.98 Å². The molecule has 13 heavy (non-hydrogen) atoms. The molecule has 1 unspecified atom stereocenters. The molecule has 1 atom stereocenters. The average Bonchev–Trinajstić information content (AvgIpc) is 2.39. The first-order chi connectivity index (χ1) is 7.34. The van der Waals surface area contributed by atoms with E-state index in [1.54, 1.807) is 0 Å². The molecule has 0 amide bonds. The van der Waals surface area contributed by atoms with Gasteiger partial charge < -0.3 is 0 Å². The third kappa shape index (κ3) is 1.00. The summed E-state index contributed by atoms with van der Waals surface area (Å²) in [5.41, 5.74) is -0.0265. The normalized spacial score (nSPS) is 25.0. The highest BCUT2D eigenvalue weighted by Crippen LogP contribution is 2.30. The minimum absolute atomic E-state index is 0.0473. The van der Waals surface area contributed by atoms with Crippen LogP contribution in [-0.4, -0.2) is 16.6 Å². The topological polar surface area (TPSA) is 47.0 Å². The molecule has 0 saturated heterocycles. The molecule has 2 rings (SSSR count). The maximum atomic E-state index is 11.8. The van der Waals surface area contributed by atoms with E-state index in [1.807, 2.05) is 0 Å². The highest BCUT2D eigenvalue weighted by Gasteiger charge is 2.37. The van der Waals surface area contributed by atoms with Gasteiger partial charge in [-0.2, -0.15) is 0 Å². The molecule has 0 radical (unpaired) electrons. The van der Waals surface area contributed by atoms with E-state index in [0.717, 1.165) is 0 Å². The highest BCUT2D eigenvalue weighted by molar-refractivity contribution is 6.37. The van der Waals surface area contributed by atoms with Gasteiger partial charge in [-0.15, -0.1) is 0 Å². The van der Waals surface area contributed by atoms with Gasteiger partial charge in [-0.25, -0.2) is 4.98 Å². The Morgan fingerprint density at radius 1 is 1.54 bits per heavy atom. The first-order valence-electron chi connectivity index (χ1n) is 5.07. The lowest BCUT2D eigenvalue weighted by Gasteiger charge is -1.95. The van der Waals surface area contributed by atoms with Gasteiger partial charge in [0, 0.05) is 15.9 Å². The van der Waals surface area contributed by atoms with E-state index in [1.165, 1.54) is 12.3 Å². The summed E-state index contributed by atoms with van der Waals surface area (Å²) in [6.07, 6.45) is 1.27. The van der Waals surface area contributed by atoms with Crippen molar-refractivity contribution >= 4 is 23.2 Å². The molecular weight excluding hydrogens is 190 g/mol. The van der Waals surface area contributed by atoms with Crippen molar-refractivity contribution in [2.24, 2.45) is 5.92 Å². The number of carbonyl (C=O) groups excluding carboxylic acids is 2. The van der Waals surface area contributed by atoms with Crippen LogP contribution < -0.4 is 0 Å². The van der Waals surface area contributed by atoms with Crippen molar-refractivity contribution < 1.29 is 13.7 Å². The second-order valence-electron chi connectivity index (χ2n) is 2.69. The smallest absolute Gasteiger partial charge is 0.177 e. The Labute approximate surface area is 83.9 Å². The van der Waals surface area contributed by atoms with Crippen LogP contribution in [0.2, 0.25) is 5.15 Å². The number of pyridine rings is 1. The Bertz CT molecular complexity index is 498. The van der Waals surface area contributed by atoms with E-state index in [0.29, 0.717) is 0 Å². The Balaban J connectivity index is 2.62. The molecule has 1 aromatic rings. The van der Waals surface area contributed by atoms with E-state index < -0.39 is 24.3 Å². The molecule has 1 aliphatic carbocycles. The largest absolute Gasteiger partial charge is 0.293 e. The summed E-state index contributed by atoms with van der Waals surface area (Å²) >= 11 is 5.68. The molecule has 0 aromatic carbocycles. The van der Waals surface area contributed by atoms with Crippen LogP contribution in [0.4, 0.5) is 0 Å². The number of hydrogen-bond acceptors (Lipinski definition) is 3. The van der Waals surface area contributed by atoms with Crippen molar-refractivity contribution in [2.75, 3.05) is 0 Å². The van der Waals surface area contributed by atoms with Gasteiger partial charge >= 0.3 is 0 Å². The third-order valence-corrected chi connectivity index (χ3v) is 2.23. The second-order valence-corrected chi connectivity index (χ2v) is 3.04. The van der Waals surface area contributed by atoms with Crippen molar-refractivity contribution in [1.29, 1.82) is 0 Å². The fraction of sp³-hybridized carbons (Fsp3) is 0.222. The van der Waals surface area contributed by atoms with Crippen LogP contribution in [0, 0.1) is 5.92 Å². The van der Waals surface area contributed by atoms with E-state index in [9.17, 15) is 9.59 Å². The molecule has 1 aromatic heterocycles. The maximum absolute atomic E-state index is 11.8. The Morgan fingerprint density at radius 3 is 2.92 bits per heavy atom. The van der Waals surface area contributed by atoms with Gasteiger partial charge in [0.25, 0.3) is 0 Å². The zero-order valence-corrected chi connectivity index (χ0v) is 7.13. The number of fused-ring (bicyclic) bond motifs is 1. The van der Waals surface area contributed by atoms with Crippen molar-refractivity contribution in [2.45, 2.75) is 6.85 Å². The molecule has 0 saturated carbocycles. The quantitative estimate of drug-likeness (QED) is 0.471. The standard InChI is InChI=1S/C9H6ClNO2/c1-4-7(12)5-2-3-11-9(10)6(5)8(4)13/h2-4H,1H3/i1D3. The fourth-order valence-electron chi connectivity index (χ4n) is 1.29. The lowest BCUT2D eigenvalue weighted by Crippen LogP contribution is -2.09. The minimum Gasteiger partial charge on any atom is -0.293 e. The van der Waals surface area contributed by atoms with Gasteiger partial charge in [0.2, 0.25) is 0 Å². The number of rotatable bonds is 0. The molecule has 0 bridgehead atoms. The fourth-order valence-corrected chi connectivity index (χ4v) is 1.55. The summed E-state index contributed by atoms with van der Waals surface area (Å²) in [6, 6.07) is 1.31. The SMILES string of the molecule is [2H]C([2H])([2H])C1C(=O)c2ccnc(Cl)c2C1=O. The van der Waals surface area contributed by atoms with Crippen LogP contribution in [0.15, 0.2) is 12.3 Å². The molecule has 0 N–H and O–H groups in total.